The number of nitrogens with zero attached hydrogens (tertiary/aromatic N) is 5. The highest BCUT2D eigenvalue weighted by Crippen LogP contribution is 2.28. The number of amides is 1. The van der Waals surface area contributed by atoms with Crippen LogP contribution in [-0.4, -0.2) is 44.7 Å². The van der Waals surface area contributed by atoms with Crippen molar-refractivity contribution >= 4 is 29.5 Å². The zero-order valence-corrected chi connectivity index (χ0v) is 17.4. The number of halogens is 3. The first-order chi connectivity index (χ1) is 14.8. The summed E-state index contributed by atoms with van der Waals surface area (Å²) in [5.74, 6) is -1.11. The number of benzene rings is 1. The Balaban J connectivity index is 1.54. The minimum Gasteiger partial charge on any atom is -0.447 e. The molecule has 162 valence electrons. The number of alkyl halides is 1. The molecule has 3 aromatic rings. The molecule has 4 rings (SSSR count). The molecule has 1 amide bonds. The SMILES string of the molecule is C[C@H](Nc1ncc(F)c(N2C(=O)OCC2[C@@H](C)F)n1)c1cnn(-c2ccc(Cl)cc2)c1. The predicted octanol–water partition coefficient (Wildman–Crippen LogP) is 4.31. The molecule has 1 unspecified atom stereocenters. The van der Waals surface area contributed by atoms with Crippen LogP contribution in [0.3, 0.4) is 0 Å². The summed E-state index contributed by atoms with van der Waals surface area (Å²) in [6, 6.07) is 5.96. The fourth-order valence-corrected chi connectivity index (χ4v) is 3.31. The molecule has 1 aromatic carbocycles. The van der Waals surface area contributed by atoms with Crippen molar-refractivity contribution in [2.45, 2.75) is 32.1 Å². The number of cyclic esters (lactones) is 1. The molecule has 31 heavy (non-hydrogen) atoms. The average molecular weight is 449 g/mol. The number of nitrogens with one attached hydrogen (secondary N) is 1. The van der Waals surface area contributed by atoms with Crippen molar-refractivity contribution in [3.63, 3.8) is 0 Å². The first kappa shape index (κ1) is 21.0. The molecular formula is C20H19ClF2N6O2. The Kier molecular flexibility index (Phi) is 5.73. The Bertz CT molecular complexity index is 1090. The van der Waals surface area contributed by atoms with E-state index in [1.165, 1.54) is 6.92 Å². The van der Waals surface area contributed by atoms with E-state index in [1.807, 2.05) is 25.3 Å². The molecule has 1 N–H and O–H groups in total. The van der Waals surface area contributed by atoms with Crippen LogP contribution in [-0.2, 0) is 4.74 Å². The number of ether oxygens (including phenoxy) is 1. The summed E-state index contributed by atoms with van der Waals surface area (Å²) in [7, 11) is 0. The van der Waals surface area contributed by atoms with E-state index >= 15 is 0 Å². The van der Waals surface area contributed by atoms with Gasteiger partial charge >= 0.3 is 6.09 Å². The van der Waals surface area contributed by atoms with Crippen molar-refractivity contribution in [1.82, 2.24) is 19.7 Å². The summed E-state index contributed by atoms with van der Waals surface area (Å²) in [5, 5.41) is 8.01. The Morgan fingerprint density at radius 3 is 2.71 bits per heavy atom. The van der Waals surface area contributed by atoms with Crippen LogP contribution in [0.1, 0.15) is 25.5 Å². The molecule has 0 spiro atoms. The van der Waals surface area contributed by atoms with E-state index in [4.69, 9.17) is 16.3 Å². The van der Waals surface area contributed by atoms with Gasteiger partial charge in [0.25, 0.3) is 0 Å². The molecule has 11 heteroatoms. The Morgan fingerprint density at radius 1 is 1.26 bits per heavy atom. The van der Waals surface area contributed by atoms with Gasteiger partial charge in [-0.2, -0.15) is 10.1 Å². The lowest BCUT2D eigenvalue weighted by Gasteiger charge is -2.22. The van der Waals surface area contributed by atoms with Gasteiger partial charge in [0.1, 0.15) is 18.8 Å². The number of hydrogen-bond donors (Lipinski definition) is 1. The number of carbonyl (C=O) groups excluding carboxylic acids is 1. The first-order valence-corrected chi connectivity index (χ1v) is 9.91. The molecule has 1 saturated heterocycles. The van der Waals surface area contributed by atoms with Crippen LogP contribution in [0.2, 0.25) is 5.02 Å². The van der Waals surface area contributed by atoms with Crippen molar-refractivity contribution in [3.8, 4) is 5.69 Å². The highest BCUT2D eigenvalue weighted by molar-refractivity contribution is 6.30. The van der Waals surface area contributed by atoms with Gasteiger partial charge in [0, 0.05) is 16.8 Å². The molecule has 1 aliphatic heterocycles. The summed E-state index contributed by atoms with van der Waals surface area (Å²) in [5.41, 5.74) is 1.65. The molecule has 3 atom stereocenters. The van der Waals surface area contributed by atoms with Crippen LogP contribution >= 0.6 is 11.6 Å². The number of anilines is 2. The second-order valence-electron chi connectivity index (χ2n) is 7.12. The molecule has 0 saturated carbocycles. The minimum atomic E-state index is -1.42. The lowest BCUT2D eigenvalue weighted by molar-refractivity contribution is 0.174. The van der Waals surface area contributed by atoms with Gasteiger partial charge in [0.2, 0.25) is 5.95 Å². The second kappa shape index (κ2) is 8.46. The standard InChI is InChI=1S/C20H19ClF2N6O2/c1-11(22)17-10-31-20(30)29(17)18-16(23)8-24-19(27-18)26-12(2)13-7-25-28(9-13)15-5-3-14(21)4-6-15/h3-9,11-12,17H,10H2,1-2H3,(H,24,26,27)/t11-,12+,17?/m1/s1. The van der Waals surface area contributed by atoms with Gasteiger partial charge in [-0.1, -0.05) is 11.6 Å². The molecule has 0 radical (unpaired) electrons. The van der Waals surface area contributed by atoms with Crippen molar-refractivity contribution in [1.29, 1.82) is 0 Å². The van der Waals surface area contributed by atoms with Crippen LogP contribution in [0.25, 0.3) is 5.69 Å². The van der Waals surface area contributed by atoms with Gasteiger partial charge in [0.05, 0.1) is 24.1 Å². The molecule has 8 nitrogen and oxygen atoms in total. The predicted molar refractivity (Wildman–Crippen MR) is 111 cm³/mol. The molecule has 0 bridgehead atoms. The zero-order chi connectivity index (χ0) is 22.1. The van der Waals surface area contributed by atoms with E-state index < -0.39 is 24.1 Å². The molecule has 3 heterocycles. The van der Waals surface area contributed by atoms with Gasteiger partial charge in [-0.15, -0.1) is 0 Å². The molecular weight excluding hydrogens is 430 g/mol. The first-order valence-electron chi connectivity index (χ1n) is 9.53. The van der Waals surface area contributed by atoms with E-state index in [9.17, 15) is 13.6 Å². The van der Waals surface area contributed by atoms with Gasteiger partial charge in [-0.25, -0.2) is 28.1 Å². The van der Waals surface area contributed by atoms with Crippen LogP contribution in [0.4, 0.5) is 25.3 Å². The fourth-order valence-electron chi connectivity index (χ4n) is 3.19. The Labute approximate surface area is 181 Å². The molecule has 1 aliphatic rings. The van der Waals surface area contributed by atoms with Gasteiger partial charge < -0.3 is 10.1 Å². The lowest BCUT2D eigenvalue weighted by Crippen LogP contribution is -2.40. The Morgan fingerprint density at radius 2 is 2.00 bits per heavy atom. The minimum absolute atomic E-state index is 0.0769. The summed E-state index contributed by atoms with van der Waals surface area (Å²) in [6.45, 7) is 2.95. The number of carbonyl (C=O) groups is 1. The number of rotatable bonds is 6. The molecule has 1 fully saturated rings. The van der Waals surface area contributed by atoms with E-state index in [0.29, 0.717) is 5.02 Å². The summed E-state index contributed by atoms with van der Waals surface area (Å²) < 4.78 is 34.8. The summed E-state index contributed by atoms with van der Waals surface area (Å²) in [4.78, 5) is 20.9. The van der Waals surface area contributed by atoms with E-state index in [1.54, 1.807) is 23.0 Å². The highest BCUT2D eigenvalue weighted by Gasteiger charge is 2.40. The summed E-state index contributed by atoms with van der Waals surface area (Å²) in [6.07, 6.45) is 2.16. The van der Waals surface area contributed by atoms with Gasteiger partial charge in [0.15, 0.2) is 11.6 Å². The maximum Gasteiger partial charge on any atom is 0.416 e. The van der Waals surface area contributed by atoms with E-state index in [2.05, 4.69) is 20.4 Å². The third-order valence-corrected chi connectivity index (χ3v) is 5.18. The van der Waals surface area contributed by atoms with E-state index in [0.717, 1.165) is 22.3 Å². The normalized spacial score (nSPS) is 18.0. The van der Waals surface area contributed by atoms with Crippen molar-refractivity contribution in [3.05, 3.63) is 59.3 Å². The second-order valence-corrected chi connectivity index (χ2v) is 7.55. The zero-order valence-electron chi connectivity index (χ0n) is 16.7. The largest absolute Gasteiger partial charge is 0.447 e. The van der Waals surface area contributed by atoms with Crippen LogP contribution in [0.15, 0.2) is 42.9 Å². The summed E-state index contributed by atoms with van der Waals surface area (Å²) >= 11 is 5.92. The molecule has 2 aromatic heterocycles. The highest BCUT2D eigenvalue weighted by atomic mass is 35.5. The van der Waals surface area contributed by atoms with Crippen LogP contribution < -0.4 is 10.2 Å². The number of hydrogen-bond acceptors (Lipinski definition) is 6. The maximum atomic E-state index is 14.4. The van der Waals surface area contributed by atoms with E-state index in [-0.39, 0.29) is 24.4 Å². The van der Waals surface area contributed by atoms with Crippen molar-refractivity contribution < 1.29 is 18.3 Å². The third-order valence-electron chi connectivity index (χ3n) is 4.93. The van der Waals surface area contributed by atoms with Crippen molar-refractivity contribution in [2.24, 2.45) is 0 Å². The Hall–Kier alpha value is -3.27. The topological polar surface area (TPSA) is 85.2 Å². The number of aromatic nitrogens is 4. The lowest BCUT2D eigenvalue weighted by atomic mass is 10.2. The average Bonchev–Trinajstić information content (AvgIpc) is 3.37. The molecule has 0 aliphatic carbocycles. The smallest absolute Gasteiger partial charge is 0.416 e. The maximum absolute atomic E-state index is 14.4. The third kappa shape index (κ3) is 4.29. The van der Waals surface area contributed by atoms with Crippen molar-refractivity contribution in [2.75, 3.05) is 16.8 Å². The quantitative estimate of drug-likeness (QED) is 0.604. The van der Waals surface area contributed by atoms with Crippen LogP contribution in [0, 0.1) is 5.82 Å². The monoisotopic (exact) mass is 448 g/mol. The van der Waals surface area contributed by atoms with Crippen LogP contribution in [0.5, 0.6) is 0 Å². The van der Waals surface area contributed by atoms with Gasteiger partial charge in [-0.05, 0) is 38.1 Å². The fraction of sp³-hybridized carbons (Fsp3) is 0.300. The van der Waals surface area contributed by atoms with Gasteiger partial charge in [-0.3, -0.25) is 0 Å².